The van der Waals surface area contributed by atoms with Crippen molar-refractivity contribution < 1.29 is 13.5 Å². The summed E-state index contributed by atoms with van der Waals surface area (Å²) in [6, 6.07) is 9.40. The molecule has 0 fully saturated rings. The van der Waals surface area contributed by atoms with Gasteiger partial charge in [0.05, 0.1) is 6.04 Å². The molecule has 0 saturated carbocycles. The first kappa shape index (κ1) is 11.5. The summed E-state index contributed by atoms with van der Waals surface area (Å²) in [5, 5.41) is 0. The molecule has 2 rings (SSSR count). The van der Waals surface area contributed by atoms with E-state index in [0.717, 1.165) is 5.56 Å². The van der Waals surface area contributed by atoms with E-state index in [-0.39, 0.29) is 12.6 Å². The number of nitrogens with zero attached hydrogens (tertiary/aromatic N) is 1. The number of halogens is 3. The van der Waals surface area contributed by atoms with E-state index in [2.05, 4.69) is 20.9 Å². The second-order valence-electron chi connectivity index (χ2n) is 3.59. The lowest BCUT2D eigenvalue weighted by Crippen LogP contribution is -2.20. The Morgan fingerprint density at radius 2 is 2.06 bits per heavy atom. The van der Waals surface area contributed by atoms with E-state index < -0.39 is 10.7 Å². The monoisotopic (exact) mass is 289 g/mol. The third-order valence-electron chi connectivity index (χ3n) is 2.27. The third-order valence-corrected chi connectivity index (χ3v) is 2.61. The SMILES string of the molecule is FC(F)(Br)C1=NC(Cc2ccccc2)CO1. The summed E-state index contributed by atoms with van der Waals surface area (Å²) in [6.45, 7) is 0.214. The van der Waals surface area contributed by atoms with Crippen molar-refractivity contribution in [1.29, 1.82) is 0 Å². The Balaban J connectivity index is 2.02. The molecular weight excluding hydrogens is 280 g/mol. The van der Waals surface area contributed by atoms with Gasteiger partial charge in [-0.05, 0) is 12.0 Å². The standard InChI is InChI=1S/C11H10BrF2NO/c12-11(13,14)10-15-9(7-16-10)6-8-4-2-1-3-5-8/h1-5,9H,6-7H2. The minimum atomic E-state index is -3.15. The number of hydrogen-bond acceptors (Lipinski definition) is 2. The average molecular weight is 290 g/mol. The van der Waals surface area contributed by atoms with E-state index in [4.69, 9.17) is 4.74 Å². The predicted octanol–water partition coefficient (Wildman–Crippen LogP) is 3.01. The quantitative estimate of drug-likeness (QED) is 0.784. The van der Waals surface area contributed by atoms with Gasteiger partial charge in [-0.1, -0.05) is 30.3 Å². The van der Waals surface area contributed by atoms with Crippen LogP contribution in [-0.2, 0) is 11.2 Å². The molecule has 0 aromatic heterocycles. The van der Waals surface area contributed by atoms with E-state index in [1.807, 2.05) is 30.3 Å². The van der Waals surface area contributed by atoms with Crippen molar-refractivity contribution in [3.05, 3.63) is 35.9 Å². The summed E-state index contributed by atoms with van der Waals surface area (Å²) in [5.74, 6) is -0.520. The highest BCUT2D eigenvalue weighted by atomic mass is 79.9. The molecule has 0 N–H and O–H groups in total. The van der Waals surface area contributed by atoms with Crippen molar-refractivity contribution in [2.24, 2.45) is 4.99 Å². The largest absolute Gasteiger partial charge is 0.474 e. The molecule has 1 unspecified atom stereocenters. The molecule has 0 amide bonds. The molecule has 2 nitrogen and oxygen atoms in total. The van der Waals surface area contributed by atoms with E-state index in [1.165, 1.54) is 0 Å². The number of ether oxygens (including phenoxy) is 1. The highest BCUT2D eigenvalue weighted by Gasteiger charge is 2.38. The highest BCUT2D eigenvalue weighted by molar-refractivity contribution is 9.10. The van der Waals surface area contributed by atoms with Crippen LogP contribution in [0.1, 0.15) is 5.56 Å². The van der Waals surface area contributed by atoms with Crippen molar-refractivity contribution in [1.82, 2.24) is 0 Å². The molecule has 0 spiro atoms. The second kappa shape index (κ2) is 4.49. The highest BCUT2D eigenvalue weighted by Crippen LogP contribution is 2.28. The van der Waals surface area contributed by atoms with Gasteiger partial charge in [0, 0.05) is 15.9 Å². The Bertz CT molecular complexity index is 389. The van der Waals surface area contributed by atoms with Gasteiger partial charge in [0.15, 0.2) is 0 Å². The Labute approximate surface area is 100 Å². The first-order valence-electron chi connectivity index (χ1n) is 4.87. The first-order chi connectivity index (χ1) is 7.55. The number of hydrogen-bond donors (Lipinski definition) is 0. The van der Waals surface area contributed by atoms with Gasteiger partial charge in [-0.3, -0.25) is 0 Å². The van der Waals surface area contributed by atoms with Gasteiger partial charge in [-0.25, -0.2) is 4.99 Å². The van der Waals surface area contributed by atoms with Crippen LogP contribution in [0.15, 0.2) is 35.3 Å². The van der Waals surface area contributed by atoms with Crippen LogP contribution in [0.2, 0.25) is 0 Å². The molecule has 0 saturated heterocycles. The van der Waals surface area contributed by atoms with E-state index in [1.54, 1.807) is 0 Å². The van der Waals surface area contributed by atoms with E-state index >= 15 is 0 Å². The summed E-state index contributed by atoms with van der Waals surface area (Å²) >= 11 is 2.23. The molecule has 1 atom stereocenters. The number of benzene rings is 1. The molecular formula is C11H10BrF2NO. The van der Waals surface area contributed by atoms with Crippen LogP contribution < -0.4 is 0 Å². The van der Waals surface area contributed by atoms with Crippen LogP contribution in [0, 0.1) is 0 Å². The number of alkyl halides is 3. The van der Waals surface area contributed by atoms with Crippen molar-refractivity contribution in [3.63, 3.8) is 0 Å². The lowest BCUT2D eigenvalue weighted by Gasteiger charge is -2.05. The molecule has 0 bridgehead atoms. The molecule has 16 heavy (non-hydrogen) atoms. The molecule has 0 radical (unpaired) electrons. The molecule has 1 heterocycles. The van der Waals surface area contributed by atoms with Gasteiger partial charge >= 0.3 is 4.83 Å². The second-order valence-corrected chi connectivity index (χ2v) is 4.58. The lowest BCUT2D eigenvalue weighted by molar-refractivity contribution is 0.152. The third kappa shape index (κ3) is 2.78. The summed E-state index contributed by atoms with van der Waals surface area (Å²) in [5.41, 5.74) is 1.07. The molecule has 86 valence electrons. The molecule has 1 aliphatic heterocycles. The fourth-order valence-corrected chi connectivity index (χ4v) is 1.78. The average Bonchev–Trinajstić information content (AvgIpc) is 2.67. The van der Waals surface area contributed by atoms with Crippen molar-refractivity contribution >= 4 is 21.8 Å². The normalized spacial score (nSPS) is 20.4. The first-order valence-corrected chi connectivity index (χ1v) is 5.67. The van der Waals surface area contributed by atoms with Crippen LogP contribution in [0.4, 0.5) is 8.78 Å². The fourth-order valence-electron chi connectivity index (χ4n) is 1.56. The van der Waals surface area contributed by atoms with E-state index in [9.17, 15) is 8.78 Å². The zero-order chi connectivity index (χ0) is 11.6. The summed E-state index contributed by atoms with van der Waals surface area (Å²) < 4.78 is 30.5. The van der Waals surface area contributed by atoms with Gasteiger partial charge in [-0.15, -0.1) is 0 Å². The van der Waals surface area contributed by atoms with Crippen LogP contribution >= 0.6 is 15.9 Å². The summed E-state index contributed by atoms with van der Waals surface area (Å²) in [7, 11) is 0. The molecule has 5 heteroatoms. The van der Waals surface area contributed by atoms with Crippen LogP contribution in [0.25, 0.3) is 0 Å². The van der Waals surface area contributed by atoms with Crippen molar-refractivity contribution in [2.45, 2.75) is 17.3 Å². The maximum absolute atomic E-state index is 12.8. The van der Waals surface area contributed by atoms with Gasteiger partial charge in [-0.2, -0.15) is 8.78 Å². The van der Waals surface area contributed by atoms with Crippen LogP contribution in [0.3, 0.4) is 0 Å². The Hall–Kier alpha value is -0.970. The van der Waals surface area contributed by atoms with Gasteiger partial charge in [0.2, 0.25) is 0 Å². The minimum Gasteiger partial charge on any atom is -0.474 e. The predicted molar refractivity (Wildman–Crippen MR) is 61.2 cm³/mol. The van der Waals surface area contributed by atoms with Crippen molar-refractivity contribution in [3.8, 4) is 0 Å². The van der Waals surface area contributed by atoms with Gasteiger partial charge in [0.1, 0.15) is 6.61 Å². The van der Waals surface area contributed by atoms with E-state index in [0.29, 0.717) is 6.42 Å². The Morgan fingerprint density at radius 1 is 1.38 bits per heavy atom. The topological polar surface area (TPSA) is 21.6 Å². The number of rotatable bonds is 3. The van der Waals surface area contributed by atoms with Crippen LogP contribution in [-0.4, -0.2) is 23.4 Å². The zero-order valence-electron chi connectivity index (χ0n) is 8.37. The summed E-state index contributed by atoms with van der Waals surface area (Å²) in [6.07, 6.45) is 0.618. The summed E-state index contributed by atoms with van der Waals surface area (Å²) in [4.78, 5) is 0.698. The Kier molecular flexibility index (Phi) is 3.23. The van der Waals surface area contributed by atoms with Crippen LogP contribution in [0.5, 0.6) is 0 Å². The Morgan fingerprint density at radius 3 is 2.62 bits per heavy atom. The maximum Gasteiger partial charge on any atom is 0.374 e. The van der Waals surface area contributed by atoms with Crippen molar-refractivity contribution in [2.75, 3.05) is 6.61 Å². The molecule has 1 aliphatic rings. The molecule has 1 aromatic carbocycles. The number of aliphatic imine (C=N–C) groups is 1. The maximum atomic E-state index is 12.8. The smallest absolute Gasteiger partial charge is 0.374 e. The fraction of sp³-hybridized carbons (Fsp3) is 0.364. The van der Waals surface area contributed by atoms with Gasteiger partial charge in [0.25, 0.3) is 5.90 Å². The molecule has 1 aromatic rings. The zero-order valence-corrected chi connectivity index (χ0v) is 9.95. The van der Waals surface area contributed by atoms with Gasteiger partial charge < -0.3 is 4.74 Å². The minimum absolute atomic E-state index is 0.214. The lowest BCUT2D eigenvalue weighted by atomic mass is 10.1. The molecule has 0 aliphatic carbocycles.